The second kappa shape index (κ2) is 12.1. The van der Waals surface area contributed by atoms with Gasteiger partial charge in [-0.25, -0.2) is 9.98 Å². The first-order chi connectivity index (χ1) is 11.7. The first-order valence-electron chi connectivity index (χ1n) is 8.27. The number of nitrogens with zero attached hydrogens (tertiary/aromatic N) is 2. The molecule has 0 saturated heterocycles. The lowest BCUT2D eigenvalue weighted by atomic mass is 10.1. The molecule has 2 aromatic rings. The SMILES string of the molecule is CCNC(=NCc1ncc(C)s1)NCCCc1ccc(OC)cc1.I. The summed E-state index contributed by atoms with van der Waals surface area (Å²) in [6.45, 7) is 6.48. The Labute approximate surface area is 171 Å². The van der Waals surface area contributed by atoms with Crippen LogP contribution in [0.1, 0.15) is 28.8 Å². The summed E-state index contributed by atoms with van der Waals surface area (Å²) >= 11 is 1.69. The van der Waals surface area contributed by atoms with E-state index in [0.717, 1.165) is 42.6 Å². The zero-order chi connectivity index (χ0) is 17.2. The molecule has 138 valence electrons. The van der Waals surface area contributed by atoms with Crippen molar-refractivity contribution < 1.29 is 4.74 Å². The molecule has 0 atom stereocenters. The molecule has 0 spiro atoms. The van der Waals surface area contributed by atoms with Gasteiger partial charge < -0.3 is 15.4 Å². The number of nitrogens with one attached hydrogen (secondary N) is 2. The molecule has 0 amide bonds. The smallest absolute Gasteiger partial charge is 0.191 e. The van der Waals surface area contributed by atoms with E-state index in [1.807, 2.05) is 18.3 Å². The first-order valence-corrected chi connectivity index (χ1v) is 9.09. The number of rotatable bonds is 8. The third-order valence-corrected chi connectivity index (χ3v) is 4.38. The molecule has 0 saturated carbocycles. The lowest BCUT2D eigenvalue weighted by molar-refractivity contribution is 0.414. The lowest BCUT2D eigenvalue weighted by Gasteiger charge is -2.11. The maximum absolute atomic E-state index is 5.18. The second-order valence-corrected chi connectivity index (χ2v) is 6.76. The van der Waals surface area contributed by atoms with E-state index in [0.29, 0.717) is 6.54 Å². The van der Waals surface area contributed by atoms with Gasteiger partial charge in [0, 0.05) is 24.2 Å². The Bertz CT molecular complexity index is 643. The molecule has 0 bridgehead atoms. The van der Waals surface area contributed by atoms with Crippen LogP contribution in [0.15, 0.2) is 35.5 Å². The molecule has 1 heterocycles. The zero-order valence-corrected chi connectivity index (χ0v) is 18.2. The first kappa shape index (κ1) is 21.7. The van der Waals surface area contributed by atoms with Crippen molar-refractivity contribution in [3.63, 3.8) is 0 Å². The summed E-state index contributed by atoms with van der Waals surface area (Å²) < 4.78 is 5.18. The number of hydrogen-bond acceptors (Lipinski definition) is 4. The normalized spacial score (nSPS) is 10.9. The Morgan fingerprint density at radius 2 is 2.00 bits per heavy atom. The predicted molar refractivity (Wildman–Crippen MR) is 116 cm³/mol. The Balaban J connectivity index is 0.00000312. The minimum atomic E-state index is 0. The van der Waals surface area contributed by atoms with E-state index >= 15 is 0 Å². The summed E-state index contributed by atoms with van der Waals surface area (Å²) in [4.78, 5) is 10.2. The number of thiazole rings is 1. The van der Waals surface area contributed by atoms with E-state index in [2.05, 4.69) is 46.6 Å². The van der Waals surface area contributed by atoms with Crippen LogP contribution in [0.3, 0.4) is 0 Å². The molecule has 1 aromatic heterocycles. The highest BCUT2D eigenvalue weighted by molar-refractivity contribution is 14.0. The van der Waals surface area contributed by atoms with E-state index in [1.54, 1.807) is 18.4 Å². The number of aromatic nitrogens is 1. The molecular weight excluding hydrogens is 447 g/mol. The number of ether oxygens (including phenoxy) is 1. The average Bonchev–Trinajstić information content (AvgIpc) is 3.02. The summed E-state index contributed by atoms with van der Waals surface area (Å²) in [6, 6.07) is 8.24. The minimum Gasteiger partial charge on any atom is -0.497 e. The number of halogens is 1. The van der Waals surface area contributed by atoms with Crippen LogP contribution in [0.4, 0.5) is 0 Å². The molecular formula is C18H27IN4OS. The van der Waals surface area contributed by atoms with Crippen molar-refractivity contribution in [1.82, 2.24) is 15.6 Å². The number of hydrogen-bond donors (Lipinski definition) is 2. The summed E-state index contributed by atoms with van der Waals surface area (Å²) in [5, 5.41) is 7.70. The Hall–Kier alpha value is -1.35. The van der Waals surface area contributed by atoms with E-state index in [-0.39, 0.29) is 24.0 Å². The van der Waals surface area contributed by atoms with Crippen LogP contribution in [0.25, 0.3) is 0 Å². The number of guanidine groups is 1. The van der Waals surface area contributed by atoms with Gasteiger partial charge in [-0.15, -0.1) is 35.3 Å². The Morgan fingerprint density at radius 1 is 1.24 bits per heavy atom. The van der Waals surface area contributed by atoms with Crippen molar-refractivity contribution in [2.45, 2.75) is 33.2 Å². The van der Waals surface area contributed by atoms with Crippen molar-refractivity contribution in [2.24, 2.45) is 4.99 Å². The largest absolute Gasteiger partial charge is 0.497 e. The molecule has 7 heteroatoms. The number of aryl methyl sites for hydroxylation is 2. The van der Waals surface area contributed by atoms with Gasteiger partial charge in [-0.05, 0) is 44.4 Å². The van der Waals surface area contributed by atoms with Crippen molar-refractivity contribution in [3.05, 3.63) is 45.9 Å². The van der Waals surface area contributed by atoms with Gasteiger partial charge >= 0.3 is 0 Å². The summed E-state index contributed by atoms with van der Waals surface area (Å²) in [7, 11) is 1.69. The maximum atomic E-state index is 5.18. The van der Waals surface area contributed by atoms with Crippen LogP contribution in [0, 0.1) is 6.92 Å². The van der Waals surface area contributed by atoms with Crippen LogP contribution < -0.4 is 15.4 Å². The molecule has 5 nitrogen and oxygen atoms in total. The van der Waals surface area contributed by atoms with Crippen molar-refractivity contribution >= 4 is 41.3 Å². The van der Waals surface area contributed by atoms with E-state index in [1.165, 1.54) is 10.4 Å². The molecule has 0 radical (unpaired) electrons. The van der Waals surface area contributed by atoms with Crippen LogP contribution in [0.2, 0.25) is 0 Å². The monoisotopic (exact) mass is 474 g/mol. The maximum Gasteiger partial charge on any atom is 0.191 e. The quantitative estimate of drug-likeness (QED) is 0.265. The van der Waals surface area contributed by atoms with Gasteiger partial charge in [0.25, 0.3) is 0 Å². The van der Waals surface area contributed by atoms with Gasteiger partial charge in [0.15, 0.2) is 5.96 Å². The second-order valence-electron chi connectivity index (χ2n) is 5.44. The highest BCUT2D eigenvalue weighted by Gasteiger charge is 2.01. The molecule has 2 rings (SSSR count). The third-order valence-electron chi connectivity index (χ3n) is 3.48. The summed E-state index contributed by atoms with van der Waals surface area (Å²) in [6.07, 6.45) is 3.97. The third kappa shape index (κ3) is 8.04. The average molecular weight is 474 g/mol. The molecule has 0 fully saturated rings. The van der Waals surface area contributed by atoms with Gasteiger partial charge in [0.05, 0.1) is 13.7 Å². The Kier molecular flexibility index (Phi) is 10.5. The number of methoxy groups -OCH3 is 1. The fourth-order valence-corrected chi connectivity index (χ4v) is 2.97. The summed E-state index contributed by atoms with van der Waals surface area (Å²) in [5.74, 6) is 1.75. The van der Waals surface area contributed by atoms with Crippen LogP contribution in [-0.4, -0.2) is 31.1 Å². The Morgan fingerprint density at radius 3 is 2.60 bits per heavy atom. The zero-order valence-electron chi connectivity index (χ0n) is 15.0. The molecule has 2 N–H and O–H groups in total. The van der Waals surface area contributed by atoms with E-state index in [4.69, 9.17) is 4.74 Å². The number of aliphatic imine (C=N–C) groups is 1. The molecule has 0 aliphatic heterocycles. The molecule has 1 aromatic carbocycles. The van der Waals surface area contributed by atoms with Crippen LogP contribution >= 0.6 is 35.3 Å². The van der Waals surface area contributed by atoms with Gasteiger partial charge in [-0.3, -0.25) is 0 Å². The number of benzene rings is 1. The highest BCUT2D eigenvalue weighted by atomic mass is 127. The predicted octanol–water partition coefficient (Wildman–Crippen LogP) is 3.77. The van der Waals surface area contributed by atoms with Gasteiger partial charge in [0.2, 0.25) is 0 Å². The van der Waals surface area contributed by atoms with Crippen LogP contribution in [-0.2, 0) is 13.0 Å². The van der Waals surface area contributed by atoms with E-state index in [9.17, 15) is 0 Å². The van der Waals surface area contributed by atoms with Gasteiger partial charge in [0.1, 0.15) is 10.8 Å². The summed E-state index contributed by atoms with van der Waals surface area (Å²) in [5.41, 5.74) is 1.32. The molecule has 0 aliphatic carbocycles. The minimum absolute atomic E-state index is 0. The van der Waals surface area contributed by atoms with E-state index < -0.39 is 0 Å². The van der Waals surface area contributed by atoms with Gasteiger partial charge in [-0.2, -0.15) is 0 Å². The van der Waals surface area contributed by atoms with Crippen molar-refractivity contribution in [1.29, 1.82) is 0 Å². The van der Waals surface area contributed by atoms with Crippen LogP contribution in [0.5, 0.6) is 5.75 Å². The molecule has 25 heavy (non-hydrogen) atoms. The standard InChI is InChI=1S/C18H26N4OS.HI/c1-4-19-18(22-13-17-21-12-14(2)24-17)20-11-5-6-15-7-9-16(23-3)10-8-15;/h7-10,12H,4-6,11,13H2,1-3H3,(H2,19,20,22);1H. The fraction of sp³-hybridized carbons (Fsp3) is 0.444. The van der Waals surface area contributed by atoms with Crippen molar-refractivity contribution in [3.8, 4) is 5.75 Å². The topological polar surface area (TPSA) is 58.5 Å². The van der Waals surface area contributed by atoms with Crippen molar-refractivity contribution in [2.75, 3.05) is 20.2 Å². The highest BCUT2D eigenvalue weighted by Crippen LogP contribution is 2.13. The lowest BCUT2D eigenvalue weighted by Crippen LogP contribution is -2.37. The molecule has 0 unspecified atom stereocenters. The fourth-order valence-electron chi connectivity index (χ4n) is 2.25. The molecule has 0 aliphatic rings. The van der Waals surface area contributed by atoms with Gasteiger partial charge in [-0.1, -0.05) is 12.1 Å².